The van der Waals surface area contributed by atoms with Gasteiger partial charge < -0.3 is 20.1 Å². The van der Waals surface area contributed by atoms with E-state index in [2.05, 4.69) is 50.3 Å². The molecule has 3 N–H and O–H groups in total. The number of allylic oxidation sites excluding steroid dienone is 6. The highest BCUT2D eigenvalue weighted by Crippen LogP contribution is 2.43. The van der Waals surface area contributed by atoms with Crippen molar-refractivity contribution in [1.29, 1.82) is 0 Å². The number of carbonyl (C=O) groups is 2. The molecule has 0 rings (SSSR count). The number of esters is 2. The first-order valence-electron chi connectivity index (χ1n) is 18.5. The smallest absolute Gasteiger partial charge is 0.462 e. The molecule has 274 valence electrons. The minimum Gasteiger partial charge on any atom is -0.462 e. The Morgan fingerprint density at radius 1 is 0.660 bits per heavy atom. The summed E-state index contributed by atoms with van der Waals surface area (Å²) in [5.74, 6) is -0.850. The molecule has 0 radical (unpaired) electrons. The molecule has 0 amide bonds. The maximum Gasteiger partial charge on any atom is 0.472 e. The first-order chi connectivity index (χ1) is 22.8. The van der Waals surface area contributed by atoms with E-state index in [1.165, 1.54) is 51.4 Å². The van der Waals surface area contributed by atoms with Gasteiger partial charge in [0, 0.05) is 19.4 Å². The standard InChI is InChI=1S/C37H68NO8P/c1-3-5-7-9-11-13-15-16-17-18-20-22-24-26-28-30-37(40)46-35(34-45-47(41,42)44-32-31-38)33-43-36(39)29-27-25-23-21-19-14-12-10-8-6-4-2/h5,7,11,13,16-17,35H,3-4,6,8-10,12,14-15,18-34,38H2,1-2H3,(H,41,42)/b7-5-,13-11-,17-16-. The highest BCUT2D eigenvalue weighted by atomic mass is 31.2. The van der Waals surface area contributed by atoms with Crippen LogP contribution in [-0.4, -0.2) is 49.3 Å². The molecule has 0 aliphatic rings. The molecule has 0 aromatic carbocycles. The molecule has 9 nitrogen and oxygen atoms in total. The van der Waals surface area contributed by atoms with E-state index < -0.39 is 26.5 Å². The van der Waals surface area contributed by atoms with Gasteiger partial charge in [-0.3, -0.25) is 18.6 Å². The minimum absolute atomic E-state index is 0.0503. The van der Waals surface area contributed by atoms with Gasteiger partial charge in [0.2, 0.25) is 0 Å². The molecule has 0 bridgehead atoms. The van der Waals surface area contributed by atoms with Crippen LogP contribution in [0.5, 0.6) is 0 Å². The Kier molecular flexibility index (Phi) is 32.8. The summed E-state index contributed by atoms with van der Waals surface area (Å²) in [6, 6.07) is 0. The lowest BCUT2D eigenvalue weighted by Gasteiger charge is -2.19. The van der Waals surface area contributed by atoms with Crippen molar-refractivity contribution in [2.24, 2.45) is 5.73 Å². The number of nitrogens with two attached hydrogens (primary N) is 1. The third kappa shape index (κ3) is 33.9. The van der Waals surface area contributed by atoms with E-state index >= 15 is 0 Å². The van der Waals surface area contributed by atoms with Gasteiger partial charge in [-0.05, 0) is 44.9 Å². The van der Waals surface area contributed by atoms with Crippen LogP contribution in [0.3, 0.4) is 0 Å². The normalized spacial score (nSPS) is 13.9. The van der Waals surface area contributed by atoms with Crippen molar-refractivity contribution in [3.63, 3.8) is 0 Å². The fourth-order valence-corrected chi connectivity index (χ4v) is 5.59. The summed E-state index contributed by atoms with van der Waals surface area (Å²) in [5.41, 5.74) is 5.32. The van der Waals surface area contributed by atoms with Crippen LogP contribution in [-0.2, 0) is 32.7 Å². The van der Waals surface area contributed by atoms with Crippen molar-refractivity contribution in [1.82, 2.24) is 0 Å². The fourth-order valence-electron chi connectivity index (χ4n) is 4.82. The van der Waals surface area contributed by atoms with Crippen molar-refractivity contribution in [2.45, 2.75) is 161 Å². The van der Waals surface area contributed by atoms with Crippen LogP contribution in [0.4, 0.5) is 0 Å². The molecule has 0 aromatic rings. The van der Waals surface area contributed by atoms with Gasteiger partial charge in [-0.15, -0.1) is 0 Å². The van der Waals surface area contributed by atoms with Gasteiger partial charge in [0.25, 0.3) is 0 Å². The van der Waals surface area contributed by atoms with Crippen molar-refractivity contribution in [2.75, 3.05) is 26.4 Å². The molecular weight excluding hydrogens is 617 g/mol. The largest absolute Gasteiger partial charge is 0.472 e. The molecule has 0 saturated carbocycles. The molecule has 0 saturated heterocycles. The monoisotopic (exact) mass is 685 g/mol. The first kappa shape index (κ1) is 45.2. The molecule has 0 spiro atoms. The van der Waals surface area contributed by atoms with E-state index in [4.69, 9.17) is 24.3 Å². The SMILES string of the molecule is CC/C=C\C/C=C\C/C=C\CCCCCCCC(=O)OC(COC(=O)CCCCCCCCCCCCC)COP(=O)(O)OCCN. The van der Waals surface area contributed by atoms with Crippen LogP contribution >= 0.6 is 7.82 Å². The number of unbranched alkanes of at least 4 members (excludes halogenated alkanes) is 15. The third-order valence-corrected chi connectivity index (χ3v) is 8.52. The molecule has 0 heterocycles. The summed E-state index contributed by atoms with van der Waals surface area (Å²) in [7, 11) is -4.37. The Bertz CT molecular complexity index is 876. The van der Waals surface area contributed by atoms with E-state index in [9.17, 15) is 19.0 Å². The number of phosphoric ester groups is 1. The van der Waals surface area contributed by atoms with Crippen LogP contribution in [0.2, 0.25) is 0 Å². The molecule has 0 aliphatic heterocycles. The highest BCUT2D eigenvalue weighted by molar-refractivity contribution is 7.47. The van der Waals surface area contributed by atoms with E-state index in [1.54, 1.807) is 0 Å². The molecular formula is C37H68NO8P. The average Bonchev–Trinajstić information content (AvgIpc) is 3.05. The van der Waals surface area contributed by atoms with Gasteiger partial charge in [0.15, 0.2) is 6.10 Å². The second-order valence-electron chi connectivity index (χ2n) is 12.1. The van der Waals surface area contributed by atoms with Crippen LogP contribution < -0.4 is 5.73 Å². The average molecular weight is 686 g/mol. The third-order valence-electron chi connectivity index (χ3n) is 7.54. The second kappa shape index (κ2) is 34.1. The molecule has 0 fully saturated rings. The number of ether oxygens (including phenoxy) is 2. The summed E-state index contributed by atoms with van der Waals surface area (Å²) < 4.78 is 32.6. The van der Waals surface area contributed by atoms with E-state index in [0.29, 0.717) is 6.42 Å². The zero-order valence-corrected chi connectivity index (χ0v) is 30.7. The van der Waals surface area contributed by atoms with Gasteiger partial charge in [-0.1, -0.05) is 134 Å². The molecule has 0 aromatic heterocycles. The Morgan fingerprint density at radius 3 is 1.74 bits per heavy atom. The maximum atomic E-state index is 12.5. The summed E-state index contributed by atoms with van der Waals surface area (Å²) in [4.78, 5) is 34.6. The number of phosphoric acid groups is 1. The van der Waals surface area contributed by atoms with Crippen LogP contribution in [0.15, 0.2) is 36.5 Å². The highest BCUT2D eigenvalue weighted by Gasteiger charge is 2.25. The zero-order valence-electron chi connectivity index (χ0n) is 29.8. The van der Waals surface area contributed by atoms with Crippen molar-refractivity contribution in [3.05, 3.63) is 36.5 Å². The Hall–Kier alpha value is -1.77. The molecule has 0 aliphatic carbocycles. The quantitative estimate of drug-likeness (QED) is 0.0294. The Labute approximate surface area is 286 Å². The van der Waals surface area contributed by atoms with Crippen molar-refractivity contribution < 1.29 is 37.6 Å². The van der Waals surface area contributed by atoms with Crippen molar-refractivity contribution >= 4 is 19.8 Å². The lowest BCUT2D eigenvalue weighted by molar-refractivity contribution is -0.161. The number of hydrogen-bond donors (Lipinski definition) is 2. The molecule has 2 unspecified atom stereocenters. The van der Waals surface area contributed by atoms with Gasteiger partial charge in [0.05, 0.1) is 13.2 Å². The van der Waals surface area contributed by atoms with Gasteiger partial charge in [-0.25, -0.2) is 4.57 Å². The number of rotatable bonds is 34. The van der Waals surface area contributed by atoms with Gasteiger partial charge in [0.1, 0.15) is 6.61 Å². The van der Waals surface area contributed by atoms with Crippen molar-refractivity contribution in [3.8, 4) is 0 Å². The van der Waals surface area contributed by atoms with Crippen LogP contribution in [0.1, 0.15) is 155 Å². The molecule has 47 heavy (non-hydrogen) atoms. The maximum absolute atomic E-state index is 12.5. The van der Waals surface area contributed by atoms with E-state index in [1.807, 2.05) is 0 Å². The molecule has 10 heteroatoms. The summed E-state index contributed by atoms with van der Waals surface area (Å²) in [6.07, 6.45) is 34.6. The Morgan fingerprint density at radius 2 is 1.17 bits per heavy atom. The predicted molar refractivity (Wildman–Crippen MR) is 192 cm³/mol. The zero-order chi connectivity index (χ0) is 34.7. The van der Waals surface area contributed by atoms with E-state index in [0.717, 1.165) is 70.6 Å². The summed E-state index contributed by atoms with van der Waals surface area (Å²) >= 11 is 0. The predicted octanol–water partition coefficient (Wildman–Crippen LogP) is 9.82. The van der Waals surface area contributed by atoms with Gasteiger partial charge in [-0.2, -0.15) is 0 Å². The molecule has 2 atom stereocenters. The second-order valence-corrected chi connectivity index (χ2v) is 13.5. The number of carbonyl (C=O) groups excluding carboxylic acids is 2. The van der Waals surface area contributed by atoms with E-state index in [-0.39, 0.29) is 38.6 Å². The van der Waals surface area contributed by atoms with Crippen LogP contribution in [0.25, 0.3) is 0 Å². The van der Waals surface area contributed by atoms with Gasteiger partial charge >= 0.3 is 19.8 Å². The topological polar surface area (TPSA) is 134 Å². The first-order valence-corrected chi connectivity index (χ1v) is 20.0. The Balaban J connectivity index is 4.27. The van der Waals surface area contributed by atoms with Crippen LogP contribution in [0, 0.1) is 0 Å². The lowest BCUT2D eigenvalue weighted by Crippen LogP contribution is -2.29. The minimum atomic E-state index is -4.37. The summed E-state index contributed by atoms with van der Waals surface area (Å²) in [5, 5.41) is 0. The fraction of sp³-hybridized carbons (Fsp3) is 0.784. The lowest BCUT2D eigenvalue weighted by atomic mass is 10.1. The summed E-state index contributed by atoms with van der Waals surface area (Å²) in [6.45, 7) is 3.57. The number of hydrogen-bond acceptors (Lipinski definition) is 8.